The highest BCUT2D eigenvalue weighted by molar-refractivity contribution is 9.10. The zero-order valence-electron chi connectivity index (χ0n) is 15.9. The van der Waals surface area contributed by atoms with Gasteiger partial charge in [-0.25, -0.2) is 4.79 Å². The van der Waals surface area contributed by atoms with Gasteiger partial charge in [0.15, 0.2) is 18.1 Å². The molecular formula is C18H18BrNO8S. The van der Waals surface area contributed by atoms with Crippen molar-refractivity contribution in [1.29, 1.82) is 0 Å². The molecule has 0 atom stereocenters. The maximum atomic E-state index is 12.4. The van der Waals surface area contributed by atoms with Gasteiger partial charge in [0.25, 0.3) is 11.1 Å². The lowest BCUT2D eigenvalue weighted by Crippen LogP contribution is -2.34. The average Bonchev–Trinajstić information content (AvgIpc) is 2.95. The van der Waals surface area contributed by atoms with Crippen LogP contribution in [0.25, 0.3) is 6.08 Å². The van der Waals surface area contributed by atoms with Gasteiger partial charge in [-0.2, -0.15) is 0 Å². The molecule has 0 aliphatic carbocycles. The minimum atomic E-state index is -0.695. The number of benzene rings is 1. The quantitative estimate of drug-likeness (QED) is 0.403. The van der Waals surface area contributed by atoms with Crippen LogP contribution in [-0.4, -0.2) is 62.0 Å². The minimum absolute atomic E-state index is 0.141. The first-order valence-electron chi connectivity index (χ1n) is 8.28. The van der Waals surface area contributed by atoms with Gasteiger partial charge >= 0.3 is 11.9 Å². The summed E-state index contributed by atoms with van der Waals surface area (Å²) in [5.74, 6) is -1.20. The van der Waals surface area contributed by atoms with Crippen molar-refractivity contribution in [3.8, 4) is 11.5 Å². The minimum Gasteiger partial charge on any atom is -0.493 e. The number of nitrogens with zero attached hydrogens (tertiary/aromatic N) is 1. The van der Waals surface area contributed by atoms with E-state index in [0.717, 1.165) is 4.90 Å². The van der Waals surface area contributed by atoms with Crippen LogP contribution >= 0.6 is 27.7 Å². The number of hydrogen-bond donors (Lipinski definition) is 0. The molecule has 0 saturated carbocycles. The number of carbonyl (C=O) groups is 4. The van der Waals surface area contributed by atoms with Crippen molar-refractivity contribution in [1.82, 2.24) is 4.90 Å². The van der Waals surface area contributed by atoms with Crippen LogP contribution in [0.4, 0.5) is 4.79 Å². The van der Waals surface area contributed by atoms with E-state index < -0.39 is 29.6 Å². The number of thioether (sulfide) groups is 1. The smallest absolute Gasteiger partial charge is 0.344 e. The van der Waals surface area contributed by atoms with E-state index >= 15 is 0 Å². The first-order valence-corrected chi connectivity index (χ1v) is 9.89. The summed E-state index contributed by atoms with van der Waals surface area (Å²) in [5, 5.41) is -0.566. The summed E-state index contributed by atoms with van der Waals surface area (Å²) in [4.78, 5) is 48.3. The molecule has 11 heteroatoms. The van der Waals surface area contributed by atoms with Crippen molar-refractivity contribution in [2.75, 3.05) is 34.0 Å². The Bertz CT molecular complexity index is 870. The number of carbonyl (C=O) groups excluding carboxylic acids is 4. The van der Waals surface area contributed by atoms with Crippen molar-refractivity contribution >= 4 is 56.9 Å². The Kier molecular flexibility index (Phi) is 8.09. The summed E-state index contributed by atoms with van der Waals surface area (Å²) in [7, 11) is 2.60. The fourth-order valence-corrected chi connectivity index (χ4v) is 3.51. The lowest BCUT2D eigenvalue weighted by Gasteiger charge is -2.12. The Morgan fingerprint density at radius 1 is 1.17 bits per heavy atom. The molecule has 2 rings (SSSR count). The fraction of sp³-hybridized carbons (Fsp3) is 0.333. The topological polar surface area (TPSA) is 108 Å². The van der Waals surface area contributed by atoms with Crippen LogP contribution in [0.1, 0.15) is 12.5 Å². The molecule has 0 aromatic heterocycles. The van der Waals surface area contributed by atoms with Crippen LogP contribution in [0.2, 0.25) is 0 Å². The third kappa shape index (κ3) is 5.73. The third-order valence-electron chi connectivity index (χ3n) is 3.61. The monoisotopic (exact) mass is 487 g/mol. The molecule has 29 heavy (non-hydrogen) atoms. The average molecular weight is 488 g/mol. The Labute approximate surface area is 179 Å². The van der Waals surface area contributed by atoms with Crippen molar-refractivity contribution < 1.29 is 38.1 Å². The standard InChI is InChI=1S/C18H18BrNO8S/c1-4-27-16(22)9-28-13-7-11(19)10(5-12(13)25-2)6-14-17(23)20(18(24)29-14)8-15(21)26-3/h5-7H,4,8-9H2,1-3H3/b14-6-. The van der Waals surface area contributed by atoms with Gasteiger partial charge in [0, 0.05) is 4.47 Å². The summed E-state index contributed by atoms with van der Waals surface area (Å²) >= 11 is 4.08. The lowest BCUT2D eigenvalue weighted by molar-refractivity contribution is -0.145. The van der Waals surface area contributed by atoms with Crippen LogP contribution in [-0.2, 0) is 23.9 Å². The molecule has 1 aromatic rings. The van der Waals surface area contributed by atoms with Crippen molar-refractivity contribution in [2.45, 2.75) is 6.92 Å². The van der Waals surface area contributed by atoms with Crippen molar-refractivity contribution in [3.05, 3.63) is 27.1 Å². The molecular weight excluding hydrogens is 470 g/mol. The predicted octanol–water partition coefficient (Wildman–Crippen LogP) is 2.61. The number of amides is 2. The second kappa shape index (κ2) is 10.3. The van der Waals surface area contributed by atoms with Crippen LogP contribution in [0.15, 0.2) is 21.5 Å². The predicted molar refractivity (Wildman–Crippen MR) is 108 cm³/mol. The maximum Gasteiger partial charge on any atom is 0.344 e. The lowest BCUT2D eigenvalue weighted by atomic mass is 10.2. The van der Waals surface area contributed by atoms with Crippen LogP contribution < -0.4 is 9.47 Å². The molecule has 9 nitrogen and oxygen atoms in total. The number of hydrogen-bond acceptors (Lipinski definition) is 9. The van der Waals surface area contributed by atoms with Gasteiger partial charge in [-0.15, -0.1) is 0 Å². The first-order chi connectivity index (χ1) is 13.8. The molecule has 156 valence electrons. The molecule has 1 aromatic carbocycles. The molecule has 1 fully saturated rings. The van der Waals surface area contributed by atoms with Gasteiger partial charge in [-0.05, 0) is 42.5 Å². The fourth-order valence-electron chi connectivity index (χ4n) is 2.24. The summed E-state index contributed by atoms with van der Waals surface area (Å²) in [6.07, 6.45) is 1.49. The third-order valence-corrected chi connectivity index (χ3v) is 5.20. The molecule has 0 radical (unpaired) electrons. The van der Waals surface area contributed by atoms with Gasteiger partial charge in [-0.3, -0.25) is 19.3 Å². The second-order valence-corrected chi connectivity index (χ2v) is 7.31. The highest BCUT2D eigenvalue weighted by Crippen LogP contribution is 2.38. The van der Waals surface area contributed by atoms with E-state index in [0.29, 0.717) is 33.3 Å². The van der Waals surface area contributed by atoms with E-state index in [9.17, 15) is 19.2 Å². The number of esters is 2. The summed E-state index contributed by atoms with van der Waals surface area (Å²) in [5.41, 5.74) is 0.536. The first kappa shape index (κ1) is 22.8. The van der Waals surface area contributed by atoms with E-state index in [1.165, 1.54) is 20.3 Å². The highest BCUT2D eigenvalue weighted by atomic mass is 79.9. The van der Waals surface area contributed by atoms with E-state index in [2.05, 4.69) is 20.7 Å². The summed E-state index contributed by atoms with van der Waals surface area (Å²) in [6.45, 7) is 1.19. The van der Waals surface area contributed by atoms with Gasteiger partial charge in [0.05, 0.1) is 25.7 Å². The Balaban J connectivity index is 2.24. The Hall–Kier alpha value is -2.53. The van der Waals surface area contributed by atoms with Crippen LogP contribution in [0, 0.1) is 0 Å². The number of rotatable bonds is 8. The molecule has 0 unspecified atom stereocenters. The largest absolute Gasteiger partial charge is 0.493 e. The summed E-state index contributed by atoms with van der Waals surface area (Å²) in [6, 6.07) is 3.15. The van der Waals surface area contributed by atoms with E-state index in [-0.39, 0.29) is 18.1 Å². The number of imide groups is 1. The summed E-state index contributed by atoms with van der Waals surface area (Å²) < 4.78 is 20.5. The number of methoxy groups -OCH3 is 2. The molecule has 2 amide bonds. The molecule has 0 bridgehead atoms. The van der Waals surface area contributed by atoms with E-state index in [4.69, 9.17) is 14.2 Å². The number of halogens is 1. The zero-order chi connectivity index (χ0) is 21.6. The van der Waals surface area contributed by atoms with Crippen LogP contribution in [0.5, 0.6) is 11.5 Å². The maximum absolute atomic E-state index is 12.4. The molecule has 0 N–H and O–H groups in total. The molecule has 0 spiro atoms. The molecule has 1 aliphatic heterocycles. The van der Waals surface area contributed by atoms with E-state index in [1.807, 2.05) is 0 Å². The van der Waals surface area contributed by atoms with E-state index in [1.54, 1.807) is 19.1 Å². The Morgan fingerprint density at radius 3 is 2.52 bits per heavy atom. The van der Waals surface area contributed by atoms with Crippen molar-refractivity contribution in [2.24, 2.45) is 0 Å². The zero-order valence-corrected chi connectivity index (χ0v) is 18.3. The second-order valence-electron chi connectivity index (χ2n) is 5.46. The van der Waals surface area contributed by atoms with Gasteiger partial charge in [0.2, 0.25) is 0 Å². The van der Waals surface area contributed by atoms with Crippen molar-refractivity contribution in [3.63, 3.8) is 0 Å². The van der Waals surface area contributed by atoms with Gasteiger partial charge in [-0.1, -0.05) is 15.9 Å². The van der Waals surface area contributed by atoms with Crippen LogP contribution in [0.3, 0.4) is 0 Å². The highest BCUT2D eigenvalue weighted by Gasteiger charge is 2.36. The number of ether oxygens (including phenoxy) is 4. The van der Waals surface area contributed by atoms with Gasteiger partial charge < -0.3 is 18.9 Å². The molecule has 1 aliphatic rings. The molecule has 1 saturated heterocycles. The SMILES string of the molecule is CCOC(=O)COc1cc(Br)c(/C=C2\SC(=O)N(CC(=O)OC)C2=O)cc1OC. The Morgan fingerprint density at radius 2 is 1.90 bits per heavy atom. The normalized spacial score (nSPS) is 14.9. The molecule has 1 heterocycles. The van der Waals surface area contributed by atoms with Gasteiger partial charge in [0.1, 0.15) is 6.54 Å².